The average Bonchev–Trinajstić information content (AvgIpc) is 2.39. The van der Waals surface area contributed by atoms with Crippen LogP contribution in [0.5, 0.6) is 0 Å². The van der Waals surface area contributed by atoms with Gasteiger partial charge in [-0.1, -0.05) is 31.5 Å². The van der Waals surface area contributed by atoms with Crippen LogP contribution < -0.4 is 5.32 Å². The highest BCUT2D eigenvalue weighted by Gasteiger charge is 2.28. The van der Waals surface area contributed by atoms with Gasteiger partial charge < -0.3 is 5.32 Å². The van der Waals surface area contributed by atoms with E-state index in [-0.39, 0.29) is 11.3 Å². The fourth-order valence-corrected chi connectivity index (χ4v) is 4.03. The minimum atomic E-state index is -2.91. The molecule has 0 aliphatic heterocycles. The largest absolute Gasteiger partial charge is 0.382 e. The zero-order valence-corrected chi connectivity index (χ0v) is 12.5. The number of hydrogen-bond donors (Lipinski definition) is 1. The molecule has 1 aromatic carbocycles. The molecule has 2 atom stereocenters. The number of nitrogens with one attached hydrogen (secondary N) is 1. The van der Waals surface area contributed by atoms with Crippen molar-refractivity contribution in [1.29, 1.82) is 0 Å². The predicted molar refractivity (Wildman–Crippen MR) is 80.3 cm³/mol. The Labute approximate surface area is 116 Å². The van der Waals surface area contributed by atoms with Crippen molar-refractivity contribution < 1.29 is 8.42 Å². The zero-order valence-electron chi connectivity index (χ0n) is 11.7. The Balaban J connectivity index is 2.07. The summed E-state index contributed by atoms with van der Waals surface area (Å²) in [5.74, 6) is 0. The van der Waals surface area contributed by atoms with Crippen LogP contribution in [0.15, 0.2) is 24.3 Å². The minimum Gasteiger partial charge on any atom is -0.382 e. The third-order valence-electron chi connectivity index (χ3n) is 3.99. The number of benzene rings is 1. The van der Waals surface area contributed by atoms with Crippen LogP contribution >= 0.6 is 0 Å². The monoisotopic (exact) mass is 281 g/mol. The molecule has 0 saturated heterocycles. The number of sulfone groups is 1. The van der Waals surface area contributed by atoms with Crippen LogP contribution in [-0.2, 0) is 16.3 Å². The van der Waals surface area contributed by atoms with Crippen LogP contribution in [0.1, 0.15) is 38.2 Å². The van der Waals surface area contributed by atoms with Gasteiger partial charge in [-0.25, -0.2) is 8.42 Å². The highest BCUT2D eigenvalue weighted by Crippen LogP contribution is 2.27. The Bertz CT molecular complexity index is 525. The van der Waals surface area contributed by atoms with Crippen LogP contribution in [0.25, 0.3) is 0 Å². The second-order valence-electron chi connectivity index (χ2n) is 5.47. The van der Waals surface area contributed by atoms with Gasteiger partial charge in [-0.05, 0) is 37.3 Å². The van der Waals surface area contributed by atoms with Crippen LogP contribution in [-0.4, -0.2) is 26.0 Å². The lowest BCUT2D eigenvalue weighted by Gasteiger charge is -2.30. The smallest absolute Gasteiger partial charge is 0.150 e. The third-order valence-corrected chi connectivity index (χ3v) is 5.63. The van der Waals surface area contributed by atoms with Gasteiger partial charge in [-0.3, -0.25) is 0 Å². The molecule has 1 fully saturated rings. The minimum absolute atomic E-state index is 0.174. The maximum absolute atomic E-state index is 11.7. The number of anilines is 1. The van der Waals surface area contributed by atoms with Crippen LogP contribution in [0, 0.1) is 0 Å². The molecule has 3 nitrogen and oxygen atoms in total. The lowest BCUT2D eigenvalue weighted by molar-refractivity contribution is 0.453. The summed E-state index contributed by atoms with van der Waals surface area (Å²) in [6.07, 6.45) is 5.95. The first kappa shape index (κ1) is 14.4. The molecule has 0 heterocycles. The van der Waals surface area contributed by atoms with Crippen LogP contribution in [0.2, 0.25) is 0 Å². The molecule has 2 unspecified atom stereocenters. The normalized spacial score (nSPS) is 24.1. The highest BCUT2D eigenvalue weighted by molar-refractivity contribution is 7.91. The van der Waals surface area contributed by atoms with Gasteiger partial charge in [0.1, 0.15) is 9.84 Å². The van der Waals surface area contributed by atoms with Crippen molar-refractivity contribution in [2.24, 2.45) is 0 Å². The maximum atomic E-state index is 11.7. The van der Waals surface area contributed by atoms with E-state index in [0.717, 1.165) is 37.8 Å². The Hall–Kier alpha value is -1.03. The predicted octanol–water partition coefficient (Wildman–Crippen LogP) is 3.02. The Morgan fingerprint density at radius 1 is 1.26 bits per heavy atom. The van der Waals surface area contributed by atoms with E-state index in [4.69, 9.17) is 0 Å². The topological polar surface area (TPSA) is 46.2 Å². The highest BCUT2D eigenvalue weighted by atomic mass is 32.2. The van der Waals surface area contributed by atoms with Crippen molar-refractivity contribution in [1.82, 2.24) is 0 Å². The Kier molecular flexibility index (Phi) is 4.50. The zero-order chi connectivity index (χ0) is 13.9. The first-order valence-electron chi connectivity index (χ1n) is 7.04. The molecule has 1 aliphatic carbocycles. The molecule has 1 aliphatic rings. The molecule has 0 aromatic heterocycles. The average molecular weight is 281 g/mol. The summed E-state index contributed by atoms with van der Waals surface area (Å²) in [4.78, 5) is 0. The van der Waals surface area contributed by atoms with E-state index in [2.05, 4.69) is 24.4 Å². The molecule has 0 bridgehead atoms. The number of para-hydroxylation sites is 1. The van der Waals surface area contributed by atoms with Gasteiger partial charge in [0.15, 0.2) is 0 Å². The number of hydrogen-bond acceptors (Lipinski definition) is 3. The van der Waals surface area contributed by atoms with Gasteiger partial charge in [-0.2, -0.15) is 0 Å². The van der Waals surface area contributed by atoms with E-state index in [0.29, 0.717) is 0 Å². The van der Waals surface area contributed by atoms with Gasteiger partial charge in [0.2, 0.25) is 0 Å². The number of aryl methyl sites for hydroxylation is 1. The quantitative estimate of drug-likeness (QED) is 0.922. The summed E-state index contributed by atoms with van der Waals surface area (Å²) < 4.78 is 23.4. The summed E-state index contributed by atoms with van der Waals surface area (Å²) >= 11 is 0. The standard InChI is InChI=1S/C15H23NO2S/c1-3-12-7-4-5-10-15(12)16-13-8-6-9-14(11-13)19(2,17)18/h4-5,7,10,13-14,16H,3,6,8-9,11H2,1-2H3. The Morgan fingerprint density at radius 2 is 2.00 bits per heavy atom. The molecule has 2 rings (SSSR count). The van der Waals surface area contributed by atoms with E-state index >= 15 is 0 Å². The van der Waals surface area contributed by atoms with Crippen molar-refractivity contribution in [3.8, 4) is 0 Å². The molecule has 1 N–H and O–H groups in total. The van der Waals surface area contributed by atoms with Gasteiger partial charge in [0, 0.05) is 18.0 Å². The molecular weight excluding hydrogens is 258 g/mol. The third kappa shape index (κ3) is 3.72. The van der Waals surface area contributed by atoms with Crippen molar-refractivity contribution in [3.05, 3.63) is 29.8 Å². The lowest BCUT2D eigenvalue weighted by Crippen LogP contribution is -2.34. The van der Waals surface area contributed by atoms with E-state index in [1.165, 1.54) is 11.8 Å². The summed E-state index contributed by atoms with van der Waals surface area (Å²) in [6.45, 7) is 2.14. The van der Waals surface area contributed by atoms with Gasteiger partial charge >= 0.3 is 0 Å². The van der Waals surface area contributed by atoms with Crippen molar-refractivity contribution in [2.45, 2.75) is 50.3 Å². The van der Waals surface area contributed by atoms with E-state index in [1.807, 2.05) is 12.1 Å². The van der Waals surface area contributed by atoms with Gasteiger partial charge in [0.05, 0.1) is 5.25 Å². The van der Waals surface area contributed by atoms with Crippen molar-refractivity contribution in [3.63, 3.8) is 0 Å². The van der Waals surface area contributed by atoms with Crippen LogP contribution in [0.3, 0.4) is 0 Å². The summed E-state index contributed by atoms with van der Waals surface area (Å²) in [5, 5.41) is 3.36. The first-order valence-corrected chi connectivity index (χ1v) is 8.99. The second kappa shape index (κ2) is 5.95. The van der Waals surface area contributed by atoms with E-state index < -0.39 is 9.84 Å². The van der Waals surface area contributed by atoms with E-state index in [1.54, 1.807) is 0 Å². The van der Waals surface area contributed by atoms with E-state index in [9.17, 15) is 8.42 Å². The summed E-state index contributed by atoms with van der Waals surface area (Å²) in [5.41, 5.74) is 2.45. The molecule has 0 amide bonds. The number of rotatable bonds is 4. The van der Waals surface area contributed by atoms with Crippen molar-refractivity contribution >= 4 is 15.5 Å². The van der Waals surface area contributed by atoms with Gasteiger partial charge in [-0.15, -0.1) is 0 Å². The lowest BCUT2D eigenvalue weighted by atomic mass is 9.94. The molecule has 106 valence electrons. The molecule has 4 heteroatoms. The van der Waals surface area contributed by atoms with Crippen molar-refractivity contribution in [2.75, 3.05) is 11.6 Å². The second-order valence-corrected chi connectivity index (χ2v) is 7.80. The molecule has 1 aromatic rings. The fraction of sp³-hybridized carbons (Fsp3) is 0.600. The Morgan fingerprint density at radius 3 is 2.68 bits per heavy atom. The fourth-order valence-electron chi connectivity index (χ4n) is 2.85. The first-order chi connectivity index (χ1) is 9.00. The summed E-state index contributed by atoms with van der Waals surface area (Å²) in [6, 6.07) is 8.56. The molecule has 0 spiro atoms. The summed E-state index contributed by atoms with van der Waals surface area (Å²) in [7, 11) is -2.91. The molecule has 1 saturated carbocycles. The SMILES string of the molecule is CCc1ccccc1NC1CCCC(S(C)(=O)=O)C1. The van der Waals surface area contributed by atoms with Gasteiger partial charge in [0.25, 0.3) is 0 Å². The maximum Gasteiger partial charge on any atom is 0.150 e. The molecule has 0 radical (unpaired) electrons. The van der Waals surface area contributed by atoms with Crippen LogP contribution in [0.4, 0.5) is 5.69 Å². The molecular formula is C15H23NO2S. The molecule has 19 heavy (non-hydrogen) atoms.